The topological polar surface area (TPSA) is 73.6 Å². The number of ether oxygens (including phenoxy) is 1. The van der Waals surface area contributed by atoms with Gasteiger partial charge in [0.1, 0.15) is 11.4 Å². The van der Waals surface area contributed by atoms with Crippen molar-refractivity contribution < 1.29 is 14.3 Å². The fourth-order valence-electron chi connectivity index (χ4n) is 3.91. The first kappa shape index (κ1) is 20.7. The van der Waals surface area contributed by atoms with Crippen molar-refractivity contribution in [2.24, 2.45) is 5.92 Å². The molecule has 0 unspecified atom stereocenters. The van der Waals surface area contributed by atoms with Crippen LogP contribution < -0.4 is 9.64 Å². The summed E-state index contributed by atoms with van der Waals surface area (Å²) in [5.74, 6) is 0.500. The predicted molar refractivity (Wildman–Crippen MR) is 118 cm³/mol. The van der Waals surface area contributed by atoms with Gasteiger partial charge in [-0.25, -0.2) is 4.90 Å². The number of rotatable bonds is 6. The summed E-state index contributed by atoms with van der Waals surface area (Å²) in [7, 11) is 0. The molecule has 0 saturated carbocycles. The van der Waals surface area contributed by atoms with Crippen LogP contribution in [0, 0.1) is 17.2 Å². The lowest BCUT2D eigenvalue weighted by molar-refractivity contribution is -0.120. The van der Waals surface area contributed by atoms with Crippen molar-refractivity contribution in [3.63, 3.8) is 0 Å². The van der Waals surface area contributed by atoms with E-state index in [1.54, 1.807) is 24.3 Å². The lowest BCUT2D eigenvalue weighted by Gasteiger charge is -2.20. The number of carbonyl (C=O) groups is 2. The predicted octanol–water partition coefficient (Wildman–Crippen LogP) is 3.97. The number of amides is 2. The van der Waals surface area contributed by atoms with E-state index in [4.69, 9.17) is 10.00 Å². The van der Waals surface area contributed by atoms with Gasteiger partial charge in [-0.1, -0.05) is 26.0 Å². The van der Waals surface area contributed by atoms with Gasteiger partial charge >= 0.3 is 0 Å². The van der Waals surface area contributed by atoms with Gasteiger partial charge in [-0.3, -0.25) is 9.59 Å². The number of anilines is 1. The second-order valence-electron chi connectivity index (χ2n) is 8.25. The second kappa shape index (κ2) is 8.65. The van der Waals surface area contributed by atoms with Crippen LogP contribution in [0.25, 0.3) is 5.57 Å². The number of imide groups is 1. The van der Waals surface area contributed by atoms with Crippen LogP contribution in [0.5, 0.6) is 5.75 Å². The van der Waals surface area contributed by atoms with Crippen LogP contribution in [-0.2, 0) is 9.59 Å². The zero-order valence-corrected chi connectivity index (χ0v) is 17.8. The first-order valence-corrected chi connectivity index (χ1v) is 10.6. The highest BCUT2D eigenvalue weighted by Gasteiger charge is 2.42. The molecule has 0 bridgehead atoms. The van der Waals surface area contributed by atoms with Crippen molar-refractivity contribution in [3.8, 4) is 11.8 Å². The molecule has 0 radical (unpaired) electrons. The van der Waals surface area contributed by atoms with E-state index >= 15 is 0 Å². The first-order valence-electron chi connectivity index (χ1n) is 10.6. The van der Waals surface area contributed by atoms with Gasteiger partial charge in [0, 0.05) is 13.1 Å². The molecule has 2 aromatic rings. The van der Waals surface area contributed by atoms with Crippen molar-refractivity contribution in [1.29, 1.82) is 5.26 Å². The maximum Gasteiger partial charge on any atom is 0.282 e. The fourth-order valence-corrected chi connectivity index (χ4v) is 3.91. The van der Waals surface area contributed by atoms with Crippen LogP contribution in [0.4, 0.5) is 5.69 Å². The van der Waals surface area contributed by atoms with Crippen LogP contribution in [0.15, 0.2) is 54.2 Å². The molecule has 4 rings (SSSR count). The van der Waals surface area contributed by atoms with Crippen LogP contribution in [0.2, 0.25) is 0 Å². The SMILES string of the molecule is CC(C)COc1ccc(C2=C(N3CCCC3)C(=O)N(c3ccc(C#N)cc3)C2=O)cc1. The number of likely N-dealkylation sites (tertiary alicyclic amines) is 1. The van der Waals surface area contributed by atoms with Crippen molar-refractivity contribution in [1.82, 2.24) is 4.90 Å². The summed E-state index contributed by atoms with van der Waals surface area (Å²) < 4.78 is 5.76. The monoisotopic (exact) mass is 415 g/mol. The highest BCUT2D eigenvalue weighted by molar-refractivity contribution is 6.45. The molecule has 0 aromatic heterocycles. The minimum absolute atomic E-state index is 0.313. The zero-order chi connectivity index (χ0) is 22.0. The molecule has 2 aromatic carbocycles. The quantitative estimate of drug-likeness (QED) is 0.668. The van der Waals surface area contributed by atoms with E-state index in [-0.39, 0.29) is 11.8 Å². The van der Waals surface area contributed by atoms with Gasteiger partial charge in [-0.15, -0.1) is 0 Å². The molecule has 31 heavy (non-hydrogen) atoms. The normalized spacial score (nSPS) is 16.5. The van der Waals surface area contributed by atoms with E-state index in [0.717, 1.165) is 31.7 Å². The maximum atomic E-state index is 13.5. The fraction of sp³-hybridized carbons (Fsp3) is 0.320. The van der Waals surface area contributed by atoms with E-state index < -0.39 is 0 Å². The van der Waals surface area contributed by atoms with Crippen LogP contribution in [0.1, 0.15) is 37.8 Å². The third-order valence-electron chi connectivity index (χ3n) is 5.46. The third kappa shape index (κ3) is 4.04. The van der Waals surface area contributed by atoms with Crippen molar-refractivity contribution >= 4 is 23.1 Å². The average molecular weight is 415 g/mol. The molecular weight excluding hydrogens is 390 g/mol. The van der Waals surface area contributed by atoms with Gasteiger partial charge in [-0.2, -0.15) is 5.26 Å². The lowest BCUT2D eigenvalue weighted by Crippen LogP contribution is -2.34. The molecule has 0 aliphatic carbocycles. The summed E-state index contributed by atoms with van der Waals surface area (Å²) in [5.41, 5.74) is 2.54. The number of carbonyl (C=O) groups excluding carboxylic acids is 2. The van der Waals surface area contributed by atoms with Crippen molar-refractivity contribution in [2.45, 2.75) is 26.7 Å². The first-order chi connectivity index (χ1) is 15.0. The summed E-state index contributed by atoms with van der Waals surface area (Å²) in [5, 5.41) is 9.04. The molecule has 1 fully saturated rings. The summed E-state index contributed by atoms with van der Waals surface area (Å²) in [6, 6.07) is 15.9. The Morgan fingerprint density at radius 1 is 0.968 bits per heavy atom. The number of hydrogen-bond donors (Lipinski definition) is 0. The Balaban J connectivity index is 1.70. The molecule has 2 aliphatic rings. The van der Waals surface area contributed by atoms with Gasteiger partial charge in [0.05, 0.1) is 29.5 Å². The van der Waals surface area contributed by atoms with E-state index in [2.05, 4.69) is 19.9 Å². The number of benzene rings is 2. The smallest absolute Gasteiger partial charge is 0.282 e. The van der Waals surface area contributed by atoms with Crippen molar-refractivity contribution in [3.05, 3.63) is 65.4 Å². The zero-order valence-electron chi connectivity index (χ0n) is 17.8. The Hall–Kier alpha value is -3.59. The maximum absolute atomic E-state index is 13.5. The number of hydrogen-bond acceptors (Lipinski definition) is 5. The van der Waals surface area contributed by atoms with Crippen LogP contribution in [-0.4, -0.2) is 36.4 Å². The van der Waals surface area contributed by atoms with Gasteiger partial charge in [0.2, 0.25) is 0 Å². The Kier molecular flexibility index (Phi) is 5.77. The molecule has 2 aliphatic heterocycles. The Bertz CT molecular complexity index is 1060. The lowest BCUT2D eigenvalue weighted by atomic mass is 10.0. The summed E-state index contributed by atoms with van der Waals surface area (Å²) in [6.45, 7) is 6.30. The Morgan fingerprint density at radius 2 is 1.61 bits per heavy atom. The minimum atomic E-state index is -0.340. The highest BCUT2D eigenvalue weighted by atomic mass is 16.5. The molecular formula is C25H25N3O3. The van der Waals surface area contributed by atoms with Gasteiger partial charge < -0.3 is 9.64 Å². The van der Waals surface area contributed by atoms with Crippen LogP contribution >= 0.6 is 0 Å². The van der Waals surface area contributed by atoms with Gasteiger partial charge in [0.15, 0.2) is 0 Å². The van der Waals surface area contributed by atoms with Gasteiger partial charge in [0.25, 0.3) is 11.8 Å². The van der Waals surface area contributed by atoms with Crippen LogP contribution in [0.3, 0.4) is 0 Å². The number of nitrogens with zero attached hydrogens (tertiary/aromatic N) is 3. The van der Waals surface area contributed by atoms with Gasteiger partial charge in [-0.05, 0) is 60.7 Å². The molecule has 6 nitrogen and oxygen atoms in total. The average Bonchev–Trinajstić information content (AvgIpc) is 3.39. The molecule has 6 heteroatoms. The standard InChI is InChI=1S/C25H25N3O3/c1-17(2)16-31-21-11-7-19(8-12-21)22-23(27-13-3-4-14-27)25(30)28(24(22)29)20-9-5-18(15-26)6-10-20/h5-12,17H,3-4,13-14,16H2,1-2H3. The van der Waals surface area contributed by atoms with E-state index in [1.807, 2.05) is 29.2 Å². The largest absolute Gasteiger partial charge is 0.493 e. The van der Waals surface area contributed by atoms with E-state index in [9.17, 15) is 9.59 Å². The molecule has 2 amide bonds. The molecule has 2 heterocycles. The minimum Gasteiger partial charge on any atom is -0.493 e. The molecule has 0 atom stereocenters. The Morgan fingerprint density at radius 3 is 2.19 bits per heavy atom. The summed E-state index contributed by atoms with van der Waals surface area (Å²) in [4.78, 5) is 30.1. The number of nitriles is 1. The molecule has 158 valence electrons. The molecule has 1 saturated heterocycles. The molecule has 0 N–H and O–H groups in total. The van der Waals surface area contributed by atoms with Crippen molar-refractivity contribution in [2.75, 3.05) is 24.6 Å². The summed E-state index contributed by atoms with van der Waals surface area (Å²) in [6.07, 6.45) is 1.99. The highest BCUT2D eigenvalue weighted by Crippen LogP contribution is 2.36. The Labute approximate surface area is 182 Å². The molecule has 0 spiro atoms. The second-order valence-corrected chi connectivity index (χ2v) is 8.25. The third-order valence-corrected chi connectivity index (χ3v) is 5.46. The van der Waals surface area contributed by atoms with E-state index in [0.29, 0.717) is 40.6 Å². The summed E-state index contributed by atoms with van der Waals surface area (Å²) >= 11 is 0. The van der Waals surface area contributed by atoms with E-state index in [1.165, 1.54) is 4.90 Å².